The van der Waals surface area contributed by atoms with Gasteiger partial charge in [0, 0.05) is 9.50 Å². The number of hydrogen-bond acceptors (Lipinski definition) is 2. The molecule has 0 aliphatic heterocycles. The summed E-state index contributed by atoms with van der Waals surface area (Å²) in [6.45, 7) is 0. The molecule has 1 unspecified atom stereocenters. The van der Waals surface area contributed by atoms with Crippen molar-refractivity contribution in [1.82, 2.24) is 5.43 Å². The molecule has 0 spiro atoms. The van der Waals surface area contributed by atoms with E-state index in [1.54, 1.807) is 24.3 Å². The molecule has 1 atom stereocenters. The molecule has 0 aromatic heterocycles. The van der Waals surface area contributed by atoms with Gasteiger partial charge in [-0.25, -0.2) is 5.43 Å². The Balaban J connectivity index is 2.46. The van der Waals surface area contributed by atoms with Gasteiger partial charge in [-0.1, -0.05) is 39.7 Å². The highest BCUT2D eigenvalue weighted by molar-refractivity contribution is 9.10. The summed E-state index contributed by atoms with van der Waals surface area (Å²) in [6, 6.07) is 9.50. The average Bonchev–Trinajstić information content (AvgIpc) is 2.38. The summed E-state index contributed by atoms with van der Waals surface area (Å²) in [5.74, 6) is 5.51. The van der Waals surface area contributed by atoms with Gasteiger partial charge in [-0.15, -0.1) is 0 Å². The van der Waals surface area contributed by atoms with Crippen molar-refractivity contribution >= 4 is 27.5 Å². The van der Waals surface area contributed by atoms with E-state index in [0.29, 0.717) is 16.1 Å². The van der Waals surface area contributed by atoms with Crippen molar-refractivity contribution in [1.29, 1.82) is 0 Å². The number of nitrogens with two attached hydrogens (primary N) is 1. The first-order chi connectivity index (χ1) is 9.81. The van der Waals surface area contributed by atoms with Gasteiger partial charge in [-0.2, -0.15) is 13.2 Å². The zero-order valence-electron chi connectivity index (χ0n) is 10.6. The zero-order chi connectivity index (χ0) is 15.6. The second-order valence-electron chi connectivity index (χ2n) is 4.43. The first-order valence-electron chi connectivity index (χ1n) is 5.90. The molecule has 21 heavy (non-hydrogen) atoms. The number of alkyl halides is 3. The molecular weight excluding hydrogens is 369 g/mol. The van der Waals surface area contributed by atoms with Crippen LogP contribution in [-0.2, 0) is 6.18 Å². The Bertz CT molecular complexity index is 626. The summed E-state index contributed by atoms with van der Waals surface area (Å²) in [6.07, 6.45) is -4.40. The van der Waals surface area contributed by atoms with Crippen LogP contribution in [0.1, 0.15) is 22.7 Å². The Morgan fingerprint density at radius 1 is 1.10 bits per heavy atom. The van der Waals surface area contributed by atoms with E-state index in [4.69, 9.17) is 17.4 Å². The monoisotopic (exact) mass is 378 g/mol. The average molecular weight is 380 g/mol. The summed E-state index contributed by atoms with van der Waals surface area (Å²) in [5.41, 5.74) is 2.87. The summed E-state index contributed by atoms with van der Waals surface area (Å²) in [5, 5.41) is 0.464. The van der Waals surface area contributed by atoms with Crippen molar-refractivity contribution in [2.45, 2.75) is 12.2 Å². The van der Waals surface area contributed by atoms with E-state index in [-0.39, 0.29) is 0 Å². The fourth-order valence-electron chi connectivity index (χ4n) is 2.02. The number of benzene rings is 2. The number of hydrogen-bond donors (Lipinski definition) is 2. The van der Waals surface area contributed by atoms with Gasteiger partial charge in [0.2, 0.25) is 0 Å². The molecule has 112 valence electrons. The van der Waals surface area contributed by atoms with Crippen LogP contribution in [0.15, 0.2) is 46.9 Å². The van der Waals surface area contributed by atoms with Crippen LogP contribution in [0.3, 0.4) is 0 Å². The maximum absolute atomic E-state index is 12.8. The molecule has 0 fully saturated rings. The van der Waals surface area contributed by atoms with Gasteiger partial charge < -0.3 is 0 Å². The van der Waals surface area contributed by atoms with Gasteiger partial charge in [0.15, 0.2) is 0 Å². The van der Waals surface area contributed by atoms with Crippen LogP contribution in [0.2, 0.25) is 5.02 Å². The lowest BCUT2D eigenvalue weighted by atomic mass is 9.97. The maximum atomic E-state index is 12.8. The standard InChI is InChI=1S/C14H11BrClF3N2/c15-11-5-9(6-12(16)7-11)13(21-20)8-2-1-3-10(4-8)14(17,18)19/h1-7,13,21H,20H2. The van der Waals surface area contributed by atoms with Gasteiger partial charge in [-0.3, -0.25) is 5.84 Å². The minimum absolute atomic E-state index is 0.404. The Morgan fingerprint density at radius 3 is 2.38 bits per heavy atom. The third kappa shape index (κ3) is 3.97. The fraction of sp³-hybridized carbons (Fsp3) is 0.143. The van der Waals surface area contributed by atoms with Crippen LogP contribution >= 0.6 is 27.5 Å². The van der Waals surface area contributed by atoms with Crippen molar-refractivity contribution < 1.29 is 13.2 Å². The van der Waals surface area contributed by atoms with Crippen molar-refractivity contribution in [3.63, 3.8) is 0 Å². The first kappa shape index (κ1) is 16.3. The van der Waals surface area contributed by atoms with E-state index in [1.807, 2.05) is 0 Å². The van der Waals surface area contributed by atoms with Crippen molar-refractivity contribution in [2.24, 2.45) is 5.84 Å². The topological polar surface area (TPSA) is 38.0 Å². The molecule has 0 radical (unpaired) electrons. The Hall–Kier alpha value is -1.08. The van der Waals surface area contributed by atoms with Crippen molar-refractivity contribution in [2.75, 3.05) is 0 Å². The maximum Gasteiger partial charge on any atom is 0.416 e. The molecule has 0 amide bonds. The molecular formula is C14H11BrClF3N2. The lowest BCUT2D eigenvalue weighted by molar-refractivity contribution is -0.137. The molecule has 0 bridgehead atoms. The van der Waals surface area contributed by atoms with Crippen LogP contribution in [0.25, 0.3) is 0 Å². The summed E-state index contributed by atoms with van der Waals surface area (Å²) < 4.78 is 39.1. The highest BCUT2D eigenvalue weighted by atomic mass is 79.9. The van der Waals surface area contributed by atoms with Crippen LogP contribution in [0, 0.1) is 0 Å². The van der Waals surface area contributed by atoms with Crippen LogP contribution < -0.4 is 11.3 Å². The lowest BCUT2D eigenvalue weighted by Gasteiger charge is -2.19. The number of halogens is 5. The van der Waals surface area contributed by atoms with E-state index >= 15 is 0 Å². The Morgan fingerprint density at radius 2 is 1.81 bits per heavy atom. The minimum Gasteiger partial charge on any atom is -0.271 e. The van der Waals surface area contributed by atoms with Gasteiger partial charge in [0.1, 0.15) is 0 Å². The molecule has 2 aromatic rings. The lowest BCUT2D eigenvalue weighted by Crippen LogP contribution is -2.29. The van der Waals surface area contributed by atoms with E-state index in [0.717, 1.165) is 16.6 Å². The van der Waals surface area contributed by atoms with Gasteiger partial charge >= 0.3 is 6.18 Å². The second-order valence-corrected chi connectivity index (χ2v) is 5.78. The predicted molar refractivity (Wildman–Crippen MR) is 79.8 cm³/mol. The molecule has 2 nitrogen and oxygen atoms in total. The van der Waals surface area contributed by atoms with Crippen LogP contribution in [-0.4, -0.2) is 0 Å². The number of nitrogens with one attached hydrogen (secondary N) is 1. The number of hydrazine groups is 1. The highest BCUT2D eigenvalue weighted by Crippen LogP contribution is 2.33. The van der Waals surface area contributed by atoms with E-state index < -0.39 is 17.8 Å². The SMILES string of the molecule is NNC(c1cc(Cl)cc(Br)c1)c1cccc(C(F)(F)F)c1. The van der Waals surface area contributed by atoms with E-state index in [1.165, 1.54) is 6.07 Å². The third-order valence-corrected chi connectivity index (χ3v) is 3.61. The van der Waals surface area contributed by atoms with Gasteiger partial charge in [-0.05, 0) is 41.5 Å². The first-order valence-corrected chi connectivity index (χ1v) is 7.07. The molecule has 0 heterocycles. The predicted octanol–water partition coefficient (Wildman–Crippen LogP) is 4.67. The van der Waals surface area contributed by atoms with Crippen LogP contribution in [0.5, 0.6) is 0 Å². The highest BCUT2D eigenvalue weighted by Gasteiger charge is 2.31. The molecule has 2 aromatic carbocycles. The fourth-order valence-corrected chi connectivity index (χ4v) is 2.91. The second kappa shape index (κ2) is 6.36. The van der Waals surface area contributed by atoms with Gasteiger partial charge in [0.05, 0.1) is 11.6 Å². The summed E-state index contributed by atoms with van der Waals surface area (Å²) in [4.78, 5) is 0. The molecule has 7 heteroatoms. The minimum atomic E-state index is -4.40. The van der Waals surface area contributed by atoms with Crippen LogP contribution in [0.4, 0.5) is 13.2 Å². The van der Waals surface area contributed by atoms with E-state index in [2.05, 4.69) is 21.4 Å². The Kier molecular flexibility index (Phi) is 4.93. The molecule has 2 rings (SSSR count). The Labute approximate surface area is 133 Å². The van der Waals surface area contributed by atoms with Crippen molar-refractivity contribution in [3.05, 3.63) is 68.7 Å². The molecule has 0 saturated heterocycles. The molecule has 3 N–H and O–H groups in total. The van der Waals surface area contributed by atoms with E-state index in [9.17, 15) is 13.2 Å². The molecule has 0 aliphatic rings. The van der Waals surface area contributed by atoms with Gasteiger partial charge in [0.25, 0.3) is 0 Å². The smallest absolute Gasteiger partial charge is 0.271 e. The molecule has 0 aliphatic carbocycles. The van der Waals surface area contributed by atoms with Crippen molar-refractivity contribution in [3.8, 4) is 0 Å². The summed E-state index contributed by atoms with van der Waals surface area (Å²) in [7, 11) is 0. The normalized spacial score (nSPS) is 13.2. The third-order valence-electron chi connectivity index (χ3n) is 2.93. The zero-order valence-corrected chi connectivity index (χ0v) is 12.9. The summed E-state index contributed by atoms with van der Waals surface area (Å²) >= 11 is 9.26. The quantitative estimate of drug-likeness (QED) is 0.600. The number of rotatable bonds is 3. The molecule has 0 saturated carbocycles. The largest absolute Gasteiger partial charge is 0.416 e.